The van der Waals surface area contributed by atoms with Gasteiger partial charge in [0.15, 0.2) is 0 Å². The van der Waals surface area contributed by atoms with E-state index < -0.39 is 0 Å². The molecule has 2 atom stereocenters. The standard InChI is InChI=1S/C27H36FN3O2S/c28-22-11-5-4-8-20(22)18-25-27(33)31(23-12-6-7-13-24(23)34-25)19-26(32)30-16-14-29(15-17-30)21-9-2-1-3-10-21/h4-5,8,11,18,21,23-24H,1-3,6-7,9-10,12-17,19H2/b25-18-. The van der Waals surface area contributed by atoms with Gasteiger partial charge in [0, 0.05) is 49.1 Å². The lowest BCUT2D eigenvalue weighted by molar-refractivity contribution is -0.142. The molecule has 0 bridgehead atoms. The fourth-order valence-corrected chi connectivity index (χ4v) is 7.59. The molecule has 7 heteroatoms. The largest absolute Gasteiger partial charge is 0.339 e. The number of fused-ring (bicyclic) bond motifs is 1. The van der Waals surface area contributed by atoms with Crippen molar-refractivity contribution in [3.05, 3.63) is 40.6 Å². The van der Waals surface area contributed by atoms with Crippen LogP contribution >= 0.6 is 11.8 Å². The van der Waals surface area contributed by atoms with Crippen molar-refractivity contribution in [2.75, 3.05) is 32.7 Å². The van der Waals surface area contributed by atoms with Crippen molar-refractivity contribution >= 4 is 29.7 Å². The fourth-order valence-electron chi connectivity index (χ4n) is 6.12. The summed E-state index contributed by atoms with van der Waals surface area (Å²) < 4.78 is 14.3. The van der Waals surface area contributed by atoms with Crippen molar-refractivity contribution in [2.24, 2.45) is 0 Å². The van der Waals surface area contributed by atoms with Crippen molar-refractivity contribution in [1.82, 2.24) is 14.7 Å². The fraction of sp³-hybridized carbons (Fsp3) is 0.630. The van der Waals surface area contributed by atoms with Crippen LogP contribution in [0.5, 0.6) is 0 Å². The molecule has 0 radical (unpaired) electrons. The molecular formula is C27H36FN3O2S. The Kier molecular flexibility index (Phi) is 7.59. The summed E-state index contributed by atoms with van der Waals surface area (Å²) in [7, 11) is 0. The molecule has 2 aliphatic carbocycles. The van der Waals surface area contributed by atoms with E-state index >= 15 is 0 Å². The number of hydrogen-bond donors (Lipinski definition) is 0. The summed E-state index contributed by atoms with van der Waals surface area (Å²) in [6, 6.07) is 7.33. The number of rotatable bonds is 4. The highest BCUT2D eigenvalue weighted by Gasteiger charge is 2.42. The molecule has 2 amide bonds. The lowest BCUT2D eigenvalue weighted by atomic mass is 9.93. The van der Waals surface area contributed by atoms with Gasteiger partial charge < -0.3 is 9.80 Å². The van der Waals surface area contributed by atoms with E-state index in [0.29, 0.717) is 16.5 Å². The van der Waals surface area contributed by atoms with Crippen LogP contribution in [-0.4, -0.2) is 76.6 Å². The zero-order chi connectivity index (χ0) is 23.5. The second-order valence-electron chi connectivity index (χ2n) is 10.2. The number of amides is 2. The average Bonchev–Trinajstić information content (AvgIpc) is 2.88. The van der Waals surface area contributed by atoms with E-state index in [1.54, 1.807) is 36.0 Å². The number of carbonyl (C=O) groups excluding carboxylic acids is 2. The summed E-state index contributed by atoms with van der Waals surface area (Å²) in [6.45, 7) is 3.50. The summed E-state index contributed by atoms with van der Waals surface area (Å²) in [5.74, 6) is -0.392. The SMILES string of the molecule is O=C(CN1C(=O)/C(=C/c2ccccc2F)SC2CCCCC21)N1CCN(C2CCCCC2)CC1. The summed E-state index contributed by atoms with van der Waals surface area (Å²) in [4.78, 5) is 33.7. The predicted octanol–water partition coefficient (Wildman–Crippen LogP) is 4.53. The molecule has 2 aliphatic heterocycles. The monoisotopic (exact) mass is 485 g/mol. The first kappa shape index (κ1) is 23.9. The van der Waals surface area contributed by atoms with Crippen LogP contribution < -0.4 is 0 Å². The maximum atomic E-state index is 14.3. The Balaban J connectivity index is 1.27. The Morgan fingerprint density at radius 2 is 1.68 bits per heavy atom. The van der Waals surface area contributed by atoms with Gasteiger partial charge in [0.25, 0.3) is 5.91 Å². The minimum atomic E-state index is -0.326. The summed E-state index contributed by atoms with van der Waals surface area (Å²) in [5.41, 5.74) is 0.428. The van der Waals surface area contributed by atoms with E-state index in [1.165, 1.54) is 38.2 Å². The molecule has 5 nitrogen and oxygen atoms in total. The van der Waals surface area contributed by atoms with Crippen LogP contribution in [-0.2, 0) is 9.59 Å². The molecule has 4 fully saturated rings. The predicted molar refractivity (Wildman–Crippen MR) is 135 cm³/mol. The average molecular weight is 486 g/mol. The Morgan fingerprint density at radius 3 is 2.44 bits per heavy atom. The summed E-state index contributed by atoms with van der Waals surface area (Å²) in [5, 5.41) is 0.278. The van der Waals surface area contributed by atoms with Gasteiger partial charge in [-0.2, -0.15) is 0 Å². The van der Waals surface area contributed by atoms with E-state index in [2.05, 4.69) is 4.90 Å². The number of thioether (sulfide) groups is 1. The molecule has 4 aliphatic rings. The maximum Gasteiger partial charge on any atom is 0.261 e. The van der Waals surface area contributed by atoms with Gasteiger partial charge in [0.05, 0.1) is 4.91 Å². The molecule has 0 N–H and O–H groups in total. The third-order valence-corrected chi connectivity index (χ3v) is 9.47. The van der Waals surface area contributed by atoms with Crippen LogP contribution in [0.4, 0.5) is 4.39 Å². The quantitative estimate of drug-likeness (QED) is 0.588. The molecule has 0 spiro atoms. The van der Waals surface area contributed by atoms with Crippen molar-refractivity contribution in [3.63, 3.8) is 0 Å². The number of benzene rings is 1. The van der Waals surface area contributed by atoms with Gasteiger partial charge in [0.2, 0.25) is 5.91 Å². The first-order valence-electron chi connectivity index (χ1n) is 13.1. The van der Waals surface area contributed by atoms with Gasteiger partial charge in [-0.1, -0.05) is 50.3 Å². The number of hydrogen-bond acceptors (Lipinski definition) is 4. The minimum Gasteiger partial charge on any atom is -0.339 e. The minimum absolute atomic E-state index is 0.0538. The van der Waals surface area contributed by atoms with Gasteiger partial charge in [-0.15, -0.1) is 11.8 Å². The molecule has 2 unspecified atom stereocenters. The van der Waals surface area contributed by atoms with Crippen LogP contribution in [0, 0.1) is 5.82 Å². The van der Waals surface area contributed by atoms with E-state index in [-0.39, 0.29) is 35.5 Å². The maximum absolute atomic E-state index is 14.3. The van der Waals surface area contributed by atoms with E-state index in [0.717, 1.165) is 51.9 Å². The first-order chi connectivity index (χ1) is 16.6. The Morgan fingerprint density at radius 1 is 0.971 bits per heavy atom. The number of nitrogens with zero attached hydrogens (tertiary/aromatic N) is 3. The first-order valence-corrected chi connectivity index (χ1v) is 13.9. The summed E-state index contributed by atoms with van der Waals surface area (Å²) in [6.07, 6.45) is 12.4. The van der Waals surface area contributed by atoms with Gasteiger partial charge in [0.1, 0.15) is 12.4 Å². The highest BCUT2D eigenvalue weighted by molar-refractivity contribution is 8.04. The van der Waals surface area contributed by atoms with Gasteiger partial charge in [-0.3, -0.25) is 14.5 Å². The van der Waals surface area contributed by atoms with Crippen LogP contribution in [0.15, 0.2) is 29.2 Å². The summed E-state index contributed by atoms with van der Waals surface area (Å²) >= 11 is 1.58. The zero-order valence-corrected chi connectivity index (χ0v) is 20.8. The Hall–Kier alpha value is -1.86. The Bertz CT molecular complexity index is 924. The lowest BCUT2D eigenvalue weighted by Crippen LogP contribution is -2.57. The second-order valence-corrected chi connectivity index (χ2v) is 11.5. The molecule has 1 aromatic rings. The Labute approximate surface area is 206 Å². The van der Waals surface area contributed by atoms with E-state index in [9.17, 15) is 14.0 Å². The van der Waals surface area contributed by atoms with Crippen LogP contribution in [0.3, 0.4) is 0 Å². The molecule has 0 aromatic heterocycles. The van der Waals surface area contributed by atoms with Crippen molar-refractivity contribution < 1.29 is 14.0 Å². The molecule has 1 aromatic carbocycles. The van der Waals surface area contributed by atoms with Crippen molar-refractivity contribution in [2.45, 2.75) is 75.1 Å². The van der Waals surface area contributed by atoms with Crippen molar-refractivity contribution in [3.8, 4) is 0 Å². The van der Waals surface area contributed by atoms with Crippen molar-refractivity contribution in [1.29, 1.82) is 0 Å². The second kappa shape index (κ2) is 10.8. The van der Waals surface area contributed by atoms with Gasteiger partial charge in [-0.25, -0.2) is 4.39 Å². The normalized spacial score (nSPS) is 28.3. The van der Waals surface area contributed by atoms with Gasteiger partial charge in [-0.05, 0) is 37.8 Å². The van der Waals surface area contributed by atoms with Crippen LogP contribution in [0.25, 0.3) is 6.08 Å². The molecule has 5 rings (SSSR count). The van der Waals surface area contributed by atoms with Crippen LogP contribution in [0.2, 0.25) is 0 Å². The topological polar surface area (TPSA) is 43.9 Å². The lowest BCUT2D eigenvalue weighted by Gasteiger charge is -2.45. The molecule has 2 heterocycles. The number of halogens is 1. The highest BCUT2D eigenvalue weighted by Crippen LogP contribution is 2.42. The molecule has 2 saturated carbocycles. The third-order valence-electron chi connectivity index (χ3n) is 8.07. The third kappa shape index (κ3) is 5.20. The molecule has 2 saturated heterocycles. The number of piperazine rings is 1. The molecule has 184 valence electrons. The zero-order valence-electron chi connectivity index (χ0n) is 20.0. The van der Waals surface area contributed by atoms with E-state index in [4.69, 9.17) is 0 Å². The van der Waals surface area contributed by atoms with Crippen LogP contribution in [0.1, 0.15) is 63.4 Å². The smallest absolute Gasteiger partial charge is 0.261 e. The highest BCUT2D eigenvalue weighted by atomic mass is 32.2. The molecule has 34 heavy (non-hydrogen) atoms. The number of carbonyl (C=O) groups is 2. The molecular weight excluding hydrogens is 449 g/mol. The van der Waals surface area contributed by atoms with Gasteiger partial charge >= 0.3 is 0 Å². The van der Waals surface area contributed by atoms with E-state index in [1.807, 2.05) is 9.80 Å².